The molecule has 5 heteroatoms. The molecule has 0 aliphatic heterocycles. The van der Waals surface area contributed by atoms with Crippen molar-refractivity contribution in [3.63, 3.8) is 0 Å². The van der Waals surface area contributed by atoms with E-state index in [2.05, 4.69) is 5.32 Å². The highest BCUT2D eigenvalue weighted by Crippen LogP contribution is 2.33. The first-order valence-corrected chi connectivity index (χ1v) is 9.45. The van der Waals surface area contributed by atoms with Crippen LogP contribution in [0.2, 0.25) is 0 Å². The number of carbonyl (C=O) groups is 1. The normalized spacial score (nSPS) is 11.4. The van der Waals surface area contributed by atoms with Gasteiger partial charge in [0.25, 0.3) is 0 Å². The molecule has 0 aromatic heterocycles. The Balaban J connectivity index is 1.81. The fourth-order valence-corrected chi connectivity index (χ4v) is 3.17. The molecule has 3 rings (SSSR count). The second kappa shape index (κ2) is 9.15. The van der Waals surface area contributed by atoms with E-state index >= 15 is 0 Å². The highest BCUT2D eigenvalue weighted by molar-refractivity contribution is 5.98. The highest BCUT2D eigenvalue weighted by atomic mass is 16.5. The number of hydrogen-bond acceptors (Lipinski definition) is 4. The molecule has 3 aromatic rings. The van der Waals surface area contributed by atoms with Crippen LogP contribution >= 0.6 is 0 Å². The number of methoxy groups -OCH3 is 2. The van der Waals surface area contributed by atoms with Gasteiger partial charge in [-0.1, -0.05) is 30.3 Å². The van der Waals surface area contributed by atoms with Gasteiger partial charge in [0.2, 0.25) is 5.91 Å². The summed E-state index contributed by atoms with van der Waals surface area (Å²) in [6.45, 7) is 1.86. The van der Waals surface area contributed by atoms with Gasteiger partial charge in [-0.25, -0.2) is 0 Å². The maximum Gasteiger partial charge on any atom is 0.248 e. The van der Waals surface area contributed by atoms with Crippen LogP contribution in [-0.4, -0.2) is 33.2 Å². The van der Waals surface area contributed by atoms with Crippen molar-refractivity contribution in [3.05, 3.63) is 72.8 Å². The monoisotopic (exact) mass is 390 g/mol. The van der Waals surface area contributed by atoms with Crippen LogP contribution in [0, 0.1) is 0 Å². The van der Waals surface area contributed by atoms with E-state index in [4.69, 9.17) is 9.47 Å². The Hall–Kier alpha value is -3.47. The van der Waals surface area contributed by atoms with Crippen molar-refractivity contribution in [2.45, 2.75) is 13.0 Å². The minimum absolute atomic E-state index is 0.0157. The van der Waals surface area contributed by atoms with Gasteiger partial charge in [-0.3, -0.25) is 4.79 Å². The first-order chi connectivity index (χ1) is 14.0. The maximum atomic E-state index is 12.8. The molecular formula is C24H26N2O3. The van der Waals surface area contributed by atoms with Crippen molar-refractivity contribution in [1.29, 1.82) is 0 Å². The molecule has 0 aliphatic rings. The zero-order valence-electron chi connectivity index (χ0n) is 17.2. The van der Waals surface area contributed by atoms with E-state index < -0.39 is 6.04 Å². The molecule has 150 valence electrons. The van der Waals surface area contributed by atoms with Crippen molar-refractivity contribution < 1.29 is 14.3 Å². The van der Waals surface area contributed by atoms with Gasteiger partial charge < -0.3 is 19.7 Å². The van der Waals surface area contributed by atoms with Crippen molar-refractivity contribution >= 4 is 17.3 Å². The molecule has 1 amide bonds. The molecule has 1 N–H and O–H groups in total. The Bertz CT molecular complexity index is 956. The van der Waals surface area contributed by atoms with Crippen LogP contribution in [0.15, 0.2) is 72.8 Å². The summed E-state index contributed by atoms with van der Waals surface area (Å²) in [4.78, 5) is 14.5. The topological polar surface area (TPSA) is 50.8 Å². The number of anilines is 2. The molecule has 0 radical (unpaired) electrons. The van der Waals surface area contributed by atoms with E-state index in [1.807, 2.05) is 79.7 Å². The van der Waals surface area contributed by atoms with Crippen molar-refractivity contribution in [2.75, 3.05) is 31.5 Å². The number of carbonyl (C=O) groups excluding carboxylic acids is 1. The minimum Gasteiger partial charge on any atom is -0.497 e. The third-order valence-corrected chi connectivity index (χ3v) is 4.83. The van der Waals surface area contributed by atoms with E-state index in [-0.39, 0.29) is 5.91 Å². The van der Waals surface area contributed by atoms with Crippen LogP contribution in [-0.2, 0) is 4.79 Å². The summed E-state index contributed by atoms with van der Waals surface area (Å²) in [5.41, 5.74) is 3.65. The SMILES string of the molecule is COc1ccc(-c2cc(N[C@@H](C)C(=O)N(C)c3ccccc3)ccc2OC)cc1. The van der Waals surface area contributed by atoms with E-state index in [9.17, 15) is 4.79 Å². The quantitative estimate of drug-likeness (QED) is 0.628. The Morgan fingerprint density at radius 2 is 1.62 bits per heavy atom. The predicted molar refractivity (Wildman–Crippen MR) is 118 cm³/mol. The molecule has 0 unspecified atom stereocenters. The fraction of sp³-hybridized carbons (Fsp3) is 0.208. The van der Waals surface area contributed by atoms with E-state index in [0.717, 1.165) is 34.0 Å². The van der Waals surface area contributed by atoms with Crippen LogP contribution in [0.4, 0.5) is 11.4 Å². The molecular weight excluding hydrogens is 364 g/mol. The predicted octanol–water partition coefficient (Wildman–Crippen LogP) is 4.83. The Morgan fingerprint density at radius 1 is 0.931 bits per heavy atom. The van der Waals surface area contributed by atoms with Gasteiger partial charge in [0.05, 0.1) is 14.2 Å². The summed E-state index contributed by atoms with van der Waals surface area (Å²) in [6, 6.07) is 22.8. The minimum atomic E-state index is -0.391. The van der Waals surface area contributed by atoms with E-state index in [1.165, 1.54) is 0 Å². The highest BCUT2D eigenvalue weighted by Gasteiger charge is 2.19. The lowest BCUT2D eigenvalue weighted by atomic mass is 10.0. The molecule has 0 heterocycles. The lowest BCUT2D eigenvalue weighted by Gasteiger charge is -2.23. The summed E-state index contributed by atoms with van der Waals surface area (Å²) < 4.78 is 10.8. The average molecular weight is 390 g/mol. The number of ether oxygens (including phenoxy) is 2. The molecule has 29 heavy (non-hydrogen) atoms. The van der Waals surface area contributed by atoms with Gasteiger partial charge in [0.1, 0.15) is 17.5 Å². The smallest absolute Gasteiger partial charge is 0.248 e. The number of rotatable bonds is 7. The Labute approximate surface area is 171 Å². The summed E-state index contributed by atoms with van der Waals surface area (Å²) in [7, 11) is 5.08. The number of nitrogens with one attached hydrogen (secondary N) is 1. The zero-order chi connectivity index (χ0) is 20.8. The van der Waals surface area contributed by atoms with E-state index in [1.54, 1.807) is 26.2 Å². The van der Waals surface area contributed by atoms with Crippen molar-refractivity contribution in [1.82, 2.24) is 0 Å². The number of amides is 1. The fourth-order valence-electron chi connectivity index (χ4n) is 3.17. The standard InChI is InChI=1S/C24H26N2O3/c1-17(24(27)26(2)20-8-6-5-7-9-20)25-19-12-15-23(29-4)22(16-19)18-10-13-21(28-3)14-11-18/h5-17,25H,1-4H3/t17-/m0/s1. The first kappa shape index (κ1) is 20.3. The Kier molecular flexibility index (Phi) is 6.39. The summed E-state index contributed by atoms with van der Waals surface area (Å²) in [6.07, 6.45) is 0. The molecule has 5 nitrogen and oxygen atoms in total. The molecule has 0 saturated carbocycles. The molecule has 0 fully saturated rings. The van der Waals surface area contributed by atoms with Gasteiger partial charge in [0, 0.05) is 24.0 Å². The number of nitrogens with zero attached hydrogens (tertiary/aromatic N) is 1. The first-order valence-electron chi connectivity index (χ1n) is 9.45. The van der Waals surface area contributed by atoms with Crippen LogP contribution in [0.3, 0.4) is 0 Å². The molecule has 0 aliphatic carbocycles. The second-order valence-electron chi connectivity index (χ2n) is 6.74. The molecule has 3 aromatic carbocycles. The average Bonchev–Trinajstić information content (AvgIpc) is 2.78. The van der Waals surface area contributed by atoms with Crippen LogP contribution in [0.5, 0.6) is 11.5 Å². The Morgan fingerprint density at radius 3 is 2.24 bits per heavy atom. The lowest BCUT2D eigenvalue weighted by Crippen LogP contribution is -2.39. The van der Waals surface area contributed by atoms with Gasteiger partial charge in [-0.05, 0) is 55.0 Å². The number of para-hydroxylation sites is 1. The number of benzene rings is 3. The third kappa shape index (κ3) is 4.69. The summed E-state index contributed by atoms with van der Waals surface area (Å²) in [5.74, 6) is 1.55. The van der Waals surface area contributed by atoms with Gasteiger partial charge in [0.15, 0.2) is 0 Å². The molecule has 0 saturated heterocycles. The van der Waals surface area contributed by atoms with Crippen LogP contribution in [0.1, 0.15) is 6.92 Å². The maximum absolute atomic E-state index is 12.8. The van der Waals surface area contributed by atoms with Gasteiger partial charge in [-0.2, -0.15) is 0 Å². The van der Waals surface area contributed by atoms with Gasteiger partial charge in [-0.15, -0.1) is 0 Å². The summed E-state index contributed by atoms with van der Waals surface area (Å²) >= 11 is 0. The van der Waals surface area contributed by atoms with Crippen molar-refractivity contribution in [2.24, 2.45) is 0 Å². The molecule has 0 bridgehead atoms. The van der Waals surface area contributed by atoms with Gasteiger partial charge >= 0.3 is 0 Å². The second-order valence-corrected chi connectivity index (χ2v) is 6.74. The molecule has 0 spiro atoms. The van der Waals surface area contributed by atoms with Crippen molar-refractivity contribution in [3.8, 4) is 22.6 Å². The zero-order valence-corrected chi connectivity index (χ0v) is 17.2. The molecule has 1 atom stereocenters. The van der Waals surface area contributed by atoms with Crippen LogP contribution in [0.25, 0.3) is 11.1 Å². The number of likely N-dealkylation sites (N-methyl/N-ethyl adjacent to an activating group) is 1. The van der Waals surface area contributed by atoms with Crippen LogP contribution < -0.4 is 19.7 Å². The largest absolute Gasteiger partial charge is 0.497 e. The third-order valence-electron chi connectivity index (χ3n) is 4.83. The van der Waals surface area contributed by atoms with E-state index in [0.29, 0.717) is 0 Å². The lowest BCUT2D eigenvalue weighted by molar-refractivity contribution is -0.118. The number of hydrogen-bond donors (Lipinski definition) is 1. The summed E-state index contributed by atoms with van der Waals surface area (Å²) in [5, 5.41) is 3.30.